The van der Waals surface area contributed by atoms with Gasteiger partial charge in [0.15, 0.2) is 0 Å². The summed E-state index contributed by atoms with van der Waals surface area (Å²) >= 11 is 3.24. The smallest absolute Gasteiger partial charge is 0.248 e. The number of carbonyl (C=O) groups excluding carboxylic acids is 2. The van der Waals surface area contributed by atoms with Crippen LogP contribution in [-0.2, 0) is 14.8 Å². The quantitative estimate of drug-likeness (QED) is 0.734. The Hall–Kier alpha value is -2.23. The summed E-state index contributed by atoms with van der Waals surface area (Å²) in [6.45, 7) is -0.376. The van der Waals surface area contributed by atoms with Crippen LogP contribution in [0.15, 0.2) is 57.9 Å². The van der Waals surface area contributed by atoms with Crippen LogP contribution in [0.25, 0.3) is 0 Å². The first-order chi connectivity index (χ1) is 11.7. The lowest BCUT2D eigenvalue weighted by Crippen LogP contribution is -2.35. The van der Waals surface area contributed by atoms with Crippen molar-refractivity contribution in [1.82, 2.24) is 4.31 Å². The molecule has 9 heteroatoms. The Bertz CT molecular complexity index is 898. The lowest BCUT2D eigenvalue weighted by atomic mass is 10.2. The highest BCUT2D eigenvalue weighted by Gasteiger charge is 2.23. The van der Waals surface area contributed by atoms with Gasteiger partial charge in [0.2, 0.25) is 21.8 Å². The fraction of sp³-hybridized carbons (Fsp3) is 0.125. The molecule has 0 aliphatic rings. The lowest BCUT2D eigenvalue weighted by molar-refractivity contribution is -0.116. The van der Waals surface area contributed by atoms with Gasteiger partial charge in [0.1, 0.15) is 0 Å². The molecule has 0 radical (unpaired) electrons. The zero-order chi connectivity index (χ0) is 18.6. The molecule has 25 heavy (non-hydrogen) atoms. The molecule has 0 saturated heterocycles. The Morgan fingerprint density at radius 3 is 2.40 bits per heavy atom. The van der Waals surface area contributed by atoms with Crippen LogP contribution in [0, 0.1) is 0 Å². The van der Waals surface area contributed by atoms with Gasteiger partial charge in [-0.1, -0.05) is 22.0 Å². The van der Waals surface area contributed by atoms with Crippen LogP contribution in [0.4, 0.5) is 5.69 Å². The van der Waals surface area contributed by atoms with Gasteiger partial charge in [0.25, 0.3) is 0 Å². The predicted molar refractivity (Wildman–Crippen MR) is 97.5 cm³/mol. The van der Waals surface area contributed by atoms with Crippen molar-refractivity contribution >= 4 is 43.5 Å². The van der Waals surface area contributed by atoms with Gasteiger partial charge in [-0.05, 0) is 42.5 Å². The van der Waals surface area contributed by atoms with E-state index in [1.807, 2.05) is 0 Å². The van der Waals surface area contributed by atoms with Gasteiger partial charge >= 0.3 is 0 Å². The lowest BCUT2D eigenvalue weighted by Gasteiger charge is -2.17. The third-order valence-electron chi connectivity index (χ3n) is 3.32. The van der Waals surface area contributed by atoms with E-state index in [9.17, 15) is 18.0 Å². The first-order valence-corrected chi connectivity index (χ1v) is 9.35. The van der Waals surface area contributed by atoms with E-state index in [4.69, 9.17) is 5.73 Å². The molecule has 2 aromatic carbocycles. The number of primary amides is 1. The van der Waals surface area contributed by atoms with Gasteiger partial charge in [-0.25, -0.2) is 8.42 Å². The minimum Gasteiger partial charge on any atom is -0.366 e. The summed E-state index contributed by atoms with van der Waals surface area (Å²) in [6, 6.07) is 12.2. The number of carbonyl (C=O) groups is 2. The molecule has 0 atom stereocenters. The molecule has 2 amide bonds. The zero-order valence-electron chi connectivity index (χ0n) is 13.3. The number of anilines is 1. The molecule has 0 aromatic heterocycles. The fourth-order valence-electron chi connectivity index (χ4n) is 2.02. The molecule has 132 valence electrons. The van der Waals surface area contributed by atoms with E-state index in [1.54, 1.807) is 24.3 Å². The number of nitrogens with one attached hydrogen (secondary N) is 1. The number of hydrogen-bond acceptors (Lipinski definition) is 4. The zero-order valence-corrected chi connectivity index (χ0v) is 15.7. The Morgan fingerprint density at radius 2 is 1.80 bits per heavy atom. The molecular weight excluding hydrogens is 410 g/mol. The van der Waals surface area contributed by atoms with Crippen LogP contribution in [-0.4, -0.2) is 38.1 Å². The molecular formula is C16H16BrN3O4S. The Kier molecular flexibility index (Phi) is 5.93. The average Bonchev–Trinajstić information content (AvgIpc) is 2.55. The van der Waals surface area contributed by atoms with E-state index in [2.05, 4.69) is 21.2 Å². The average molecular weight is 426 g/mol. The van der Waals surface area contributed by atoms with Crippen LogP contribution in [0.3, 0.4) is 0 Å². The van der Waals surface area contributed by atoms with Gasteiger partial charge in [0, 0.05) is 22.8 Å². The molecule has 0 unspecified atom stereocenters. The first-order valence-electron chi connectivity index (χ1n) is 7.12. The maximum atomic E-state index is 12.4. The number of sulfonamides is 1. The molecule has 3 N–H and O–H groups in total. The van der Waals surface area contributed by atoms with Gasteiger partial charge in [0.05, 0.1) is 11.4 Å². The highest BCUT2D eigenvalue weighted by Crippen LogP contribution is 2.18. The first kappa shape index (κ1) is 19.1. The molecule has 2 aromatic rings. The summed E-state index contributed by atoms with van der Waals surface area (Å²) in [6.07, 6.45) is 0. The van der Waals surface area contributed by atoms with Gasteiger partial charge in [-0.2, -0.15) is 4.31 Å². The molecule has 0 fully saturated rings. The Morgan fingerprint density at radius 1 is 1.16 bits per heavy atom. The maximum Gasteiger partial charge on any atom is 0.248 e. The second-order valence-corrected chi connectivity index (χ2v) is 8.17. The number of halogens is 1. The SMILES string of the molecule is CN(CC(=O)Nc1cccc(C(N)=O)c1)S(=O)(=O)c1ccc(Br)cc1. The van der Waals surface area contributed by atoms with E-state index in [0.29, 0.717) is 5.69 Å². The maximum absolute atomic E-state index is 12.4. The minimum atomic E-state index is -3.79. The molecule has 0 spiro atoms. The van der Waals surface area contributed by atoms with Crippen molar-refractivity contribution in [3.8, 4) is 0 Å². The van der Waals surface area contributed by atoms with E-state index in [1.165, 1.54) is 31.3 Å². The van der Waals surface area contributed by atoms with Crippen LogP contribution in [0.5, 0.6) is 0 Å². The molecule has 0 aliphatic carbocycles. The summed E-state index contributed by atoms with van der Waals surface area (Å²) < 4.78 is 26.6. The standard InChI is InChI=1S/C16H16BrN3O4S/c1-20(25(23,24)14-7-5-12(17)6-8-14)10-15(21)19-13-4-2-3-11(9-13)16(18)22/h2-9H,10H2,1H3,(H2,18,22)(H,19,21). The summed E-state index contributed by atoms with van der Waals surface area (Å²) in [5.74, 6) is -1.16. The predicted octanol–water partition coefficient (Wildman–Crippen LogP) is 1.81. The number of nitrogens with zero attached hydrogens (tertiary/aromatic N) is 1. The normalized spacial score (nSPS) is 11.3. The van der Waals surface area contributed by atoms with Gasteiger partial charge in [-0.3, -0.25) is 9.59 Å². The largest absolute Gasteiger partial charge is 0.366 e. The highest BCUT2D eigenvalue weighted by molar-refractivity contribution is 9.10. The van der Waals surface area contributed by atoms with Crippen molar-refractivity contribution in [3.05, 3.63) is 58.6 Å². The number of rotatable bonds is 6. The van der Waals surface area contributed by atoms with Gasteiger partial charge < -0.3 is 11.1 Å². The van der Waals surface area contributed by atoms with E-state index < -0.39 is 21.8 Å². The summed E-state index contributed by atoms with van der Waals surface area (Å²) in [7, 11) is -2.47. The highest BCUT2D eigenvalue weighted by atomic mass is 79.9. The molecule has 0 aliphatic heterocycles. The van der Waals surface area contributed by atoms with E-state index >= 15 is 0 Å². The third-order valence-corrected chi connectivity index (χ3v) is 5.67. The van der Waals surface area contributed by atoms with Crippen LogP contribution in [0.2, 0.25) is 0 Å². The number of amides is 2. The second kappa shape index (κ2) is 7.77. The number of nitrogens with two attached hydrogens (primary N) is 1. The molecule has 0 bridgehead atoms. The van der Waals surface area contributed by atoms with Crippen LogP contribution < -0.4 is 11.1 Å². The van der Waals surface area contributed by atoms with Crippen LogP contribution >= 0.6 is 15.9 Å². The Labute approximate surface area is 154 Å². The van der Waals surface area contributed by atoms with E-state index in [-0.39, 0.29) is 17.0 Å². The van der Waals surface area contributed by atoms with Crippen molar-refractivity contribution in [2.24, 2.45) is 5.73 Å². The molecule has 2 rings (SSSR count). The minimum absolute atomic E-state index is 0.0849. The van der Waals surface area contributed by atoms with Crippen molar-refractivity contribution in [2.75, 3.05) is 18.9 Å². The van der Waals surface area contributed by atoms with Crippen molar-refractivity contribution < 1.29 is 18.0 Å². The van der Waals surface area contributed by atoms with Gasteiger partial charge in [-0.15, -0.1) is 0 Å². The van der Waals surface area contributed by atoms with E-state index in [0.717, 1.165) is 8.78 Å². The van der Waals surface area contributed by atoms with Crippen LogP contribution in [0.1, 0.15) is 10.4 Å². The van der Waals surface area contributed by atoms with Crippen molar-refractivity contribution in [1.29, 1.82) is 0 Å². The number of likely N-dealkylation sites (N-methyl/N-ethyl adjacent to an activating group) is 1. The van der Waals surface area contributed by atoms with Crippen molar-refractivity contribution in [3.63, 3.8) is 0 Å². The fourth-order valence-corrected chi connectivity index (χ4v) is 3.42. The Balaban J connectivity index is 2.08. The molecule has 0 heterocycles. The second-order valence-electron chi connectivity index (χ2n) is 5.21. The summed E-state index contributed by atoms with van der Waals surface area (Å²) in [5, 5.41) is 2.54. The topological polar surface area (TPSA) is 110 Å². The number of hydrogen-bond donors (Lipinski definition) is 2. The summed E-state index contributed by atoms with van der Waals surface area (Å²) in [4.78, 5) is 23.3. The third kappa shape index (κ3) is 4.88. The monoisotopic (exact) mass is 425 g/mol. The van der Waals surface area contributed by atoms with Crippen molar-refractivity contribution in [2.45, 2.75) is 4.90 Å². The molecule has 0 saturated carbocycles. The summed E-state index contributed by atoms with van der Waals surface area (Å²) in [5.41, 5.74) is 5.79. The molecule has 7 nitrogen and oxygen atoms in total. The number of benzene rings is 2.